The molecule has 1 unspecified atom stereocenters. The summed E-state index contributed by atoms with van der Waals surface area (Å²) in [4.78, 5) is 21.0. The normalized spacial score (nSPS) is 11.8. The fourth-order valence-corrected chi connectivity index (χ4v) is 3.64. The highest BCUT2D eigenvalue weighted by molar-refractivity contribution is 5.85. The van der Waals surface area contributed by atoms with Crippen LogP contribution in [0.2, 0.25) is 0 Å². The van der Waals surface area contributed by atoms with E-state index in [2.05, 4.69) is 31.8 Å². The summed E-state index contributed by atoms with van der Waals surface area (Å²) in [7, 11) is 0. The highest BCUT2D eigenvalue weighted by atomic mass is 16.5. The van der Waals surface area contributed by atoms with Gasteiger partial charge in [0.25, 0.3) is 0 Å². The van der Waals surface area contributed by atoms with Gasteiger partial charge in [0.1, 0.15) is 17.6 Å². The van der Waals surface area contributed by atoms with Crippen LogP contribution in [0.3, 0.4) is 0 Å². The van der Waals surface area contributed by atoms with Crippen molar-refractivity contribution in [2.45, 2.75) is 13.8 Å². The van der Waals surface area contributed by atoms with E-state index < -0.39 is 0 Å². The lowest BCUT2D eigenvalue weighted by molar-refractivity contribution is -0.123. The summed E-state index contributed by atoms with van der Waals surface area (Å²) < 4.78 is 7.32. The molecule has 0 aliphatic carbocycles. The van der Waals surface area contributed by atoms with Crippen molar-refractivity contribution in [1.82, 2.24) is 24.9 Å². The van der Waals surface area contributed by atoms with E-state index in [1.165, 1.54) is 0 Å². The van der Waals surface area contributed by atoms with Gasteiger partial charge in [-0.3, -0.25) is 9.78 Å². The largest absolute Gasteiger partial charge is 0.492 e. The summed E-state index contributed by atoms with van der Waals surface area (Å²) >= 11 is 0. The van der Waals surface area contributed by atoms with Gasteiger partial charge in [-0.25, -0.2) is 9.50 Å². The maximum Gasteiger partial charge on any atom is 0.226 e. The summed E-state index contributed by atoms with van der Waals surface area (Å²) in [5, 5.41) is 19.9. The first kappa shape index (κ1) is 24.4. The zero-order valence-electron chi connectivity index (χ0n) is 20.2. The van der Waals surface area contributed by atoms with Gasteiger partial charge in [0.15, 0.2) is 0 Å². The van der Waals surface area contributed by atoms with Crippen molar-refractivity contribution < 1.29 is 9.53 Å². The maximum absolute atomic E-state index is 12.3. The number of aromatic nitrogens is 4. The first-order valence-corrected chi connectivity index (χ1v) is 11.7. The molecule has 0 spiro atoms. The van der Waals surface area contributed by atoms with Crippen LogP contribution >= 0.6 is 0 Å². The molecule has 9 nitrogen and oxygen atoms in total. The van der Waals surface area contributed by atoms with E-state index in [0.717, 1.165) is 16.8 Å². The number of carbonyl (C=O) groups is 1. The van der Waals surface area contributed by atoms with Gasteiger partial charge in [-0.15, -0.1) is 0 Å². The summed E-state index contributed by atoms with van der Waals surface area (Å²) in [5.74, 6) is 1.02. The van der Waals surface area contributed by atoms with Gasteiger partial charge >= 0.3 is 0 Å². The van der Waals surface area contributed by atoms with E-state index in [0.29, 0.717) is 42.3 Å². The first-order chi connectivity index (χ1) is 17.6. The molecule has 0 aliphatic rings. The molecule has 4 heterocycles. The van der Waals surface area contributed by atoms with Crippen LogP contribution in [0.25, 0.3) is 22.7 Å². The van der Waals surface area contributed by atoms with Gasteiger partial charge in [-0.2, -0.15) is 10.4 Å². The molecule has 1 atom stereocenters. The third-order valence-corrected chi connectivity index (χ3v) is 5.48. The molecule has 2 N–H and O–H groups in total. The van der Waals surface area contributed by atoms with E-state index in [9.17, 15) is 10.1 Å². The number of hydrogen-bond acceptors (Lipinski definition) is 7. The van der Waals surface area contributed by atoms with E-state index in [1.54, 1.807) is 29.3 Å². The van der Waals surface area contributed by atoms with Crippen molar-refractivity contribution in [3.63, 3.8) is 0 Å². The molecule has 4 aromatic heterocycles. The summed E-state index contributed by atoms with van der Waals surface area (Å²) in [6.45, 7) is 5.27. The van der Waals surface area contributed by atoms with Crippen LogP contribution in [0.5, 0.6) is 5.75 Å². The monoisotopic (exact) mass is 481 g/mol. The number of anilines is 1. The van der Waals surface area contributed by atoms with Crippen molar-refractivity contribution in [2.75, 3.05) is 25.0 Å². The van der Waals surface area contributed by atoms with E-state index in [4.69, 9.17) is 4.74 Å². The van der Waals surface area contributed by atoms with Crippen molar-refractivity contribution in [2.24, 2.45) is 5.92 Å². The Morgan fingerprint density at radius 3 is 2.83 bits per heavy atom. The second kappa shape index (κ2) is 11.6. The lowest BCUT2D eigenvalue weighted by atomic mass is 10.1. The van der Waals surface area contributed by atoms with Crippen LogP contribution in [0.4, 0.5) is 5.82 Å². The average Bonchev–Trinajstić information content (AvgIpc) is 3.33. The molecule has 1 amide bonds. The topological polar surface area (TPSA) is 117 Å². The third kappa shape index (κ3) is 5.85. The van der Waals surface area contributed by atoms with Crippen molar-refractivity contribution >= 4 is 23.3 Å². The summed E-state index contributed by atoms with van der Waals surface area (Å²) in [5.41, 5.74) is 3.66. The zero-order valence-corrected chi connectivity index (χ0v) is 20.2. The Morgan fingerprint density at radius 1 is 1.22 bits per heavy atom. The molecular formula is C27H27N7O2. The molecular weight excluding hydrogens is 454 g/mol. The minimum Gasteiger partial charge on any atom is -0.492 e. The molecule has 0 aliphatic heterocycles. The van der Waals surface area contributed by atoms with Crippen LogP contribution in [0.1, 0.15) is 25.1 Å². The molecule has 0 saturated heterocycles. The fourth-order valence-electron chi connectivity index (χ4n) is 3.64. The van der Waals surface area contributed by atoms with Crippen LogP contribution < -0.4 is 15.4 Å². The van der Waals surface area contributed by atoms with Crippen LogP contribution in [-0.4, -0.2) is 45.2 Å². The van der Waals surface area contributed by atoms with E-state index in [-0.39, 0.29) is 11.8 Å². The highest BCUT2D eigenvalue weighted by Gasteiger charge is 2.14. The predicted octanol–water partition coefficient (Wildman–Crippen LogP) is 3.94. The van der Waals surface area contributed by atoms with Crippen LogP contribution in [0.15, 0.2) is 67.3 Å². The highest BCUT2D eigenvalue weighted by Crippen LogP contribution is 2.30. The predicted molar refractivity (Wildman–Crippen MR) is 138 cm³/mol. The number of fused-ring (bicyclic) bond motifs is 1. The van der Waals surface area contributed by atoms with E-state index in [1.807, 2.05) is 62.4 Å². The fraction of sp³-hybridized carbons (Fsp3) is 0.222. The zero-order chi connectivity index (χ0) is 25.3. The molecule has 182 valence electrons. The van der Waals surface area contributed by atoms with Gasteiger partial charge in [0.2, 0.25) is 5.91 Å². The van der Waals surface area contributed by atoms with Crippen LogP contribution in [-0.2, 0) is 4.79 Å². The lowest BCUT2D eigenvalue weighted by Gasteiger charge is -2.11. The molecule has 4 aromatic rings. The van der Waals surface area contributed by atoms with Gasteiger partial charge in [0, 0.05) is 36.6 Å². The third-order valence-electron chi connectivity index (χ3n) is 5.48. The number of ether oxygens (including phenoxy) is 1. The van der Waals surface area contributed by atoms with Gasteiger partial charge < -0.3 is 15.4 Å². The van der Waals surface area contributed by atoms with Crippen LogP contribution in [0, 0.1) is 17.2 Å². The van der Waals surface area contributed by atoms with Gasteiger partial charge in [-0.05, 0) is 43.3 Å². The Labute approximate surface area is 209 Å². The smallest absolute Gasteiger partial charge is 0.226 e. The molecule has 0 saturated carbocycles. The molecule has 0 radical (unpaired) electrons. The lowest BCUT2D eigenvalue weighted by Crippen LogP contribution is -2.32. The minimum absolute atomic E-state index is 0.0559. The minimum atomic E-state index is -0.268. The molecule has 0 bridgehead atoms. The first-order valence-electron chi connectivity index (χ1n) is 11.7. The maximum atomic E-state index is 12.3. The number of rotatable bonds is 10. The summed E-state index contributed by atoms with van der Waals surface area (Å²) in [6.07, 6.45) is 10.4. The number of nitrogens with zero attached hydrogens (tertiary/aromatic N) is 5. The second-order valence-corrected chi connectivity index (χ2v) is 8.04. The van der Waals surface area contributed by atoms with Gasteiger partial charge in [0.05, 0.1) is 41.7 Å². The quantitative estimate of drug-likeness (QED) is 0.330. The Bertz CT molecular complexity index is 1390. The Morgan fingerprint density at radius 2 is 2.11 bits per heavy atom. The molecule has 0 fully saturated rings. The Hall–Kier alpha value is -4.71. The van der Waals surface area contributed by atoms with Crippen molar-refractivity contribution in [3.05, 3.63) is 78.5 Å². The number of hydrogen-bond donors (Lipinski definition) is 2. The standard InChI is InChI=1S/C27H27N7O2/c1-3-36-23-14-24(26-21(15-28)17-33-34(26)18-23)20-8-10-25(32-16-20)30-12-13-31-27(35)19(2)7-9-22-6-4-5-11-29-22/h4-11,14,16-19H,3,12-13H2,1-2H3,(H,30,32)(H,31,35)/b9-7+. The second-order valence-electron chi connectivity index (χ2n) is 8.04. The number of pyridine rings is 3. The average molecular weight is 482 g/mol. The molecule has 36 heavy (non-hydrogen) atoms. The van der Waals surface area contributed by atoms with Gasteiger partial charge in [-0.1, -0.05) is 19.1 Å². The number of carbonyl (C=O) groups excluding carboxylic acids is 1. The summed E-state index contributed by atoms with van der Waals surface area (Å²) in [6, 6.07) is 13.5. The molecule has 9 heteroatoms. The van der Waals surface area contributed by atoms with Crippen molar-refractivity contribution in [1.29, 1.82) is 5.26 Å². The van der Waals surface area contributed by atoms with Crippen molar-refractivity contribution in [3.8, 4) is 22.9 Å². The number of nitriles is 1. The molecule has 4 rings (SSSR count). The number of amides is 1. The SMILES string of the molecule is CCOc1cc(-c2ccc(NCCNC(=O)C(C)/C=C/c3ccccn3)nc2)c2c(C#N)cnn2c1. The van der Waals surface area contributed by atoms with E-state index >= 15 is 0 Å². The molecule has 0 aromatic carbocycles. The Kier molecular flexibility index (Phi) is 7.88. The Balaban J connectivity index is 1.34. The number of nitrogens with one attached hydrogen (secondary N) is 2.